The van der Waals surface area contributed by atoms with Crippen molar-refractivity contribution in [2.75, 3.05) is 26.2 Å². The number of halogens is 2. The van der Waals surface area contributed by atoms with Gasteiger partial charge in [0.15, 0.2) is 0 Å². The summed E-state index contributed by atoms with van der Waals surface area (Å²) in [7, 11) is 0. The first kappa shape index (κ1) is 27.9. The Labute approximate surface area is 224 Å². The maximum Gasteiger partial charge on any atom is 0.253 e. The molecule has 2 saturated heterocycles. The fourth-order valence-corrected chi connectivity index (χ4v) is 5.62. The molecule has 38 heavy (non-hydrogen) atoms. The number of carbonyl (C=O) groups is 3. The van der Waals surface area contributed by atoms with E-state index in [1.54, 1.807) is 35.8 Å². The maximum absolute atomic E-state index is 15.1. The molecule has 0 N–H and O–H groups in total. The molecule has 5 nitrogen and oxygen atoms in total. The molecule has 2 fully saturated rings. The second kappa shape index (κ2) is 12.6. The van der Waals surface area contributed by atoms with Crippen molar-refractivity contribution in [1.29, 1.82) is 0 Å². The van der Waals surface area contributed by atoms with Crippen molar-refractivity contribution in [3.05, 3.63) is 70.3 Å². The summed E-state index contributed by atoms with van der Waals surface area (Å²) in [6.07, 6.45) is 8.14. The molecule has 2 aromatic carbocycles. The normalized spacial score (nSPS) is 18.3. The largest absolute Gasteiger partial charge is 0.339 e. The van der Waals surface area contributed by atoms with Crippen molar-refractivity contribution in [2.24, 2.45) is 0 Å². The molecule has 2 aliphatic rings. The van der Waals surface area contributed by atoms with Crippen LogP contribution in [0.5, 0.6) is 0 Å². The zero-order valence-corrected chi connectivity index (χ0v) is 22.5. The minimum Gasteiger partial charge on any atom is -0.339 e. The van der Waals surface area contributed by atoms with Gasteiger partial charge in [-0.2, -0.15) is 0 Å². The Morgan fingerprint density at radius 1 is 0.605 bits per heavy atom. The van der Waals surface area contributed by atoms with Gasteiger partial charge < -0.3 is 9.80 Å². The van der Waals surface area contributed by atoms with Gasteiger partial charge in [0, 0.05) is 49.1 Å². The van der Waals surface area contributed by atoms with Crippen molar-refractivity contribution < 1.29 is 23.2 Å². The van der Waals surface area contributed by atoms with Crippen LogP contribution in [0.3, 0.4) is 0 Å². The Bertz CT molecular complexity index is 1080. The van der Waals surface area contributed by atoms with E-state index in [4.69, 9.17) is 0 Å². The highest BCUT2D eigenvalue weighted by molar-refractivity contribution is 5.96. The van der Waals surface area contributed by atoms with E-state index in [9.17, 15) is 14.4 Å². The van der Waals surface area contributed by atoms with Crippen LogP contribution in [0.15, 0.2) is 36.4 Å². The first-order chi connectivity index (χ1) is 18.3. The van der Waals surface area contributed by atoms with Gasteiger partial charge in [-0.05, 0) is 61.1 Å². The van der Waals surface area contributed by atoms with Gasteiger partial charge >= 0.3 is 0 Å². The lowest BCUT2D eigenvalue weighted by Crippen LogP contribution is -2.32. The van der Waals surface area contributed by atoms with Crippen molar-refractivity contribution in [3.8, 4) is 0 Å². The Morgan fingerprint density at radius 3 is 1.26 bits per heavy atom. The Kier molecular flexibility index (Phi) is 9.29. The van der Waals surface area contributed by atoms with Gasteiger partial charge in [-0.25, -0.2) is 8.78 Å². The number of rotatable bonds is 6. The molecule has 2 aliphatic heterocycles. The van der Waals surface area contributed by atoms with Gasteiger partial charge in [-0.1, -0.05) is 51.7 Å². The fourth-order valence-electron chi connectivity index (χ4n) is 5.62. The Hall–Kier alpha value is -3.09. The van der Waals surface area contributed by atoms with Crippen LogP contribution in [-0.4, -0.2) is 53.6 Å². The first-order valence-electron chi connectivity index (χ1n) is 14.0. The van der Waals surface area contributed by atoms with Crippen molar-refractivity contribution in [2.45, 2.75) is 77.0 Å². The number of likely N-dealkylation sites (tertiary alicyclic amines) is 2. The van der Waals surface area contributed by atoms with Gasteiger partial charge in [0.2, 0.25) is 0 Å². The average molecular weight is 525 g/mol. The summed E-state index contributed by atoms with van der Waals surface area (Å²) in [4.78, 5) is 42.5. The van der Waals surface area contributed by atoms with Gasteiger partial charge in [0.05, 0.1) is 0 Å². The Morgan fingerprint density at radius 2 is 0.947 bits per heavy atom. The van der Waals surface area contributed by atoms with Crippen LogP contribution in [0.4, 0.5) is 8.78 Å². The summed E-state index contributed by atoms with van der Waals surface area (Å²) in [6.45, 7) is 5.88. The molecule has 2 heterocycles. The van der Waals surface area contributed by atoms with Crippen molar-refractivity contribution in [3.63, 3.8) is 0 Å². The number of Topliss-reactive ketones (excluding diaryl/α,β-unsaturated/α-hetero) is 1. The van der Waals surface area contributed by atoms with Crippen LogP contribution in [0.2, 0.25) is 0 Å². The standard InChI is InChI=1S/C31H38F2N2O3/c1-21(25-13-11-23(19-27(25)32)30(37)34-15-7-3-4-8-16-34)29(36)22(2)26-14-12-24(20-28(26)33)31(38)35-17-9-5-6-10-18-35/h11-14,19-22H,3-10,15-18H2,1-2H3. The zero-order valence-electron chi connectivity index (χ0n) is 22.5. The highest BCUT2D eigenvalue weighted by Gasteiger charge is 2.28. The lowest BCUT2D eigenvalue weighted by Gasteiger charge is -2.22. The summed E-state index contributed by atoms with van der Waals surface area (Å²) < 4.78 is 30.2. The molecule has 2 aromatic rings. The summed E-state index contributed by atoms with van der Waals surface area (Å²) >= 11 is 0. The molecule has 0 aliphatic carbocycles. The summed E-state index contributed by atoms with van der Waals surface area (Å²) in [5.41, 5.74) is 0.915. The predicted octanol–water partition coefficient (Wildman–Crippen LogP) is 6.47. The third-order valence-corrected chi connectivity index (χ3v) is 8.07. The maximum atomic E-state index is 15.1. The molecule has 0 aromatic heterocycles. The SMILES string of the molecule is CC(C(=O)C(C)c1ccc(C(=O)N2CCCCCC2)cc1F)c1ccc(C(=O)N2CCCCCC2)cc1F. The van der Waals surface area contributed by atoms with Crippen LogP contribution in [0.25, 0.3) is 0 Å². The van der Waals surface area contributed by atoms with Crippen LogP contribution in [0.1, 0.15) is 109 Å². The Balaban J connectivity index is 1.46. The van der Waals surface area contributed by atoms with E-state index in [-0.39, 0.29) is 39.9 Å². The molecule has 0 spiro atoms. The molecule has 0 bridgehead atoms. The predicted molar refractivity (Wildman–Crippen MR) is 143 cm³/mol. The summed E-state index contributed by atoms with van der Waals surface area (Å²) in [5, 5.41) is 0. The average Bonchev–Trinajstić information content (AvgIpc) is 3.37. The van der Waals surface area contributed by atoms with Gasteiger partial charge in [0.25, 0.3) is 11.8 Å². The van der Waals surface area contributed by atoms with Crippen LogP contribution in [-0.2, 0) is 4.79 Å². The van der Waals surface area contributed by atoms with E-state index in [0.717, 1.165) is 51.4 Å². The van der Waals surface area contributed by atoms with Crippen molar-refractivity contribution in [1.82, 2.24) is 9.80 Å². The molecule has 7 heteroatoms. The molecular formula is C31H38F2N2O3. The first-order valence-corrected chi connectivity index (χ1v) is 14.0. The quantitative estimate of drug-likeness (QED) is 0.435. The third kappa shape index (κ3) is 6.30. The molecule has 0 radical (unpaired) electrons. The minimum absolute atomic E-state index is 0.183. The van der Waals surface area contributed by atoms with Crippen molar-refractivity contribution >= 4 is 17.6 Å². The third-order valence-electron chi connectivity index (χ3n) is 8.07. The molecule has 204 valence electrons. The van der Waals surface area contributed by atoms with E-state index in [1.165, 1.54) is 24.3 Å². The molecule has 2 atom stereocenters. The van der Waals surface area contributed by atoms with E-state index in [2.05, 4.69) is 0 Å². The second-order valence-electron chi connectivity index (χ2n) is 10.7. The number of hydrogen-bond donors (Lipinski definition) is 0. The van der Waals surface area contributed by atoms with Gasteiger partial charge in [-0.3, -0.25) is 14.4 Å². The number of benzene rings is 2. The fraction of sp³-hybridized carbons (Fsp3) is 0.516. The van der Waals surface area contributed by atoms with Crippen LogP contribution >= 0.6 is 0 Å². The van der Waals surface area contributed by atoms with E-state index in [0.29, 0.717) is 26.2 Å². The highest BCUT2D eigenvalue weighted by Crippen LogP contribution is 2.30. The van der Waals surface area contributed by atoms with E-state index >= 15 is 8.78 Å². The number of nitrogens with zero attached hydrogens (tertiary/aromatic N) is 2. The summed E-state index contributed by atoms with van der Waals surface area (Å²) in [5.74, 6) is -3.60. The molecular weight excluding hydrogens is 486 g/mol. The number of hydrogen-bond acceptors (Lipinski definition) is 3. The van der Waals surface area contributed by atoms with Crippen LogP contribution < -0.4 is 0 Å². The van der Waals surface area contributed by atoms with E-state index in [1.807, 2.05) is 0 Å². The smallest absolute Gasteiger partial charge is 0.253 e. The summed E-state index contributed by atoms with van der Waals surface area (Å²) in [6, 6.07) is 8.56. The second-order valence-corrected chi connectivity index (χ2v) is 10.7. The molecule has 2 amide bonds. The molecule has 2 unspecified atom stereocenters. The zero-order chi connectivity index (χ0) is 27.2. The number of amides is 2. The number of carbonyl (C=O) groups excluding carboxylic acids is 3. The lowest BCUT2D eigenvalue weighted by molar-refractivity contribution is -0.121. The van der Waals surface area contributed by atoms with Crippen LogP contribution in [0, 0.1) is 11.6 Å². The topological polar surface area (TPSA) is 57.7 Å². The minimum atomic E-state index is -0.829. The monoisotopic (exact) mass is 524 g/mol. The van der Waals surface area contributed by atoms with Gasteiger partial charge in [0.1, 0.15) is 17.4 Å². The van der Waals surface area contributed by atoms with Gasteiger partial charge in [-0.15, -0.1) is 0 Å². The highest BCUT2D eigenvalue weighted by atomic mass is 19.1. The lowest BCUT2D eigenvalue weighted by atomic mass is 9.85. The number of ketones is 1. The molecule has 0 saturated carbocycles. The molecule has 4 rings (SSSR count). The van der Waals surface area contributed by atoms with E-state index < -0.39 is 23.5 Å².